The number of benzene rings is 1. The molecule has 1 unspecified atom stereocenters. The van der Waals surface area contributed by atoms with Gasteiger partial charge in [0.25, 0.3) is 5.89 Å². The van der Waals surface area contributed by atoms with Crippen molar-refractivity contribution in [1.29, 1.82) is 0 Å². The molecule has 30 heavy (non-hydrogen) atoms. The molecule has 0 saturated heterocycles. The molecular weight excluding hydrogens is 396 g/mol. The number of carbonyl (C=O) groups excluding carboxylic acids is 1. The lowest BCUT2D eigenvalue weighted by Gasteiger charge is -2.01. The summed E-state index contributed by atoms with van der Waals surface area (Å²) in [5.74, 6) is 0.534. The number of nitrogens with zero attached hydrogens (tertiary/aromatic N) is 2. The van der Waals surface area contributed by atoms with Gasteiger partial charge in [-0.25, -0.2) is 4.98 Å². The minimum absolute atomic E-state index is 0.0747. The van der Waals surface area contributed by atoms with E-state index in [1.165, 1.54) is 11.8 Å². The molecule has 0 fully saturated rings. The van der Waals surface area contributed by atoms with Crippen molar-refractivity contribution >= 4 is 22.7 Å². The Morgan fingerprint density at radius 3 is 2.53 bits per heavy atom. The third kappa shape index (κ3) is 6.88. The fourth-order valence-electron chi connectivity index (χ4n) is 3.07. The van der Waals surface area contributed by atoms with Crippen LogP contribution in [0.2, 0.25) is 0 Å². The van der Waals surface area contributed by atoms with Gasteiger partial charge in [0.2, 0.25) is 5.78 Å². The number of oxazole rings is 1. The SMILES string of the molecule is CS(=O)/C=C/c1ccc(-c2cnc(C(=O)CCCCCCc3ccccc3)o2)nc1. The van der Waals surface area contributed by atoms with Gasteiger partial charge in [-0.1, -0.05) is 49.2 Å². The average molecular weight is 423 g/mol. The Bertz CT molecular complexity index is 995. The van der Waals surface area contributed by atoms with Gasteiger partial charge in [-0.05, 0) is 42.5 Å². The van der Waals surface area contributed by atoms with Crippen LogP contribution >= 0.6 is 0 Å². The fourth-order valence-corrected chi connectivity index (χ4v) is 3.41. The van der Waals surface area contributed by atoms with Gasteiger partial charge in [-0.15, -0.1) is 0 Å². The Hall–Kier alpha value is -2.86. The zero-order chi connectivity index (χ0) is 21.2. The van der Waals surface area contributed by atoms with E-state index in [4.69, 9.17) is 4.42 Å². The third-order valence-electron chi connectivity index (χ3n) is 4.70. The van der Waals surface area contributed by atoms with Crippen molar-refractivity contribution in [2.45, 2.75) is 38.5 Å². The van der Waals surface area contributed by atoms with E-state index in [0.29, 0.717) is 17.9 Å². The molecule has 156 valence electrons. The van der Waals surface area contributed by atoms with Crippen molar-refractivity contribution in [1.82, 2.24) is 9.97 Å². The van der Waals surface area contributed by atoms with E-state index in [9.17, 15) is 9.00 Å². The molecule has 6 heteroatoms. The van der Waals surface area contributed by atoms with Crippen LogP contribution in [-0.4, -0.2) is 26.2 Å². The molecule has 0 spiro atoms. The van der Waals surface area contributed by atoms with Gasteiger partial charge in [0.05, 0.1) is 6.20 Å². The van der Waals surface area contributed by atoms with Crippen LogP contribution in [0.25, 0.3) is 17.5 Å². The average Bonchev–Trinajstić information content (AvgIpc) is 3.26. The lowest BCUT2D eigenvalue weighted by atomic mass is 10.0. The lowest BCUT2D eigenvalue weighted by Crippen LogP contribution is -1.99. The van der Waals surface area contributed by atoms with E-state index >= 15 is 0 Å². The highest BCUT2D eigenvalue weighted by atomic mass is 32.2. The standard InChI is InChI=1S/C24H26N2O3S/c1-30(28)16-15-20-13-14-21(25-17-20)23-18-26-24(29-23)22(27)12-8-3-2-5-9-19-10-6-4-7-11-19/h4,6-7,10-11,13-18H,2-3,5,8-9,12H2,1H3/b16-15+. The van der Waals surface area contributed by atoms with Crippen molar-refractivity contribution in [3.05, 3.63) is 77.3 Å². The Labute approximate surface area is 179 Å². The molecule has 3 rings (SSSR count). The minimum Gasteiger partial charge on any atom is -0.432 e. The first kappa shape index (κ1) is 21.8. The molecule has 3 aromatic rings. The van der Waals surface area contributed by atoms with Crippen molar-refractivity contribution < 1.29 is 13.4 Å². The van der Waals surface area contributed by atoms with Crippen LogP contribution in [0.1, 0.15) is 53.9 Å². The summed E-state index contributed by atoms with van der Waals surface area (Å²) in [5.41, 5.74) is 2.81. The van der Waals surface area contributed by atoms with Crippen LogP contribution in [0, 0.1) is 0 Å². The van der Waals surface area contributed by atoms with E-state index in [2.05, 4.69) is 34.2 Å². The summed E-state index contributed by atoms with van der Waals surface area (Å²) in [6, 6.07) is 14.1. The Kier molecular flexibility index (Phi) is 8.27. The second kappa shape index (κ2) is 11.4. The quantitative estimate of drug-likeness (QED) is 0.303. The van der Waals surface area contributed by atoms with Crippen LogP contribution in [0.15, 0.2) is 64.7 Å². The van der Waals surface area contributed by atoms with Crippen molar-refractivity contribution in [3.8, 4) is 11.5 Å². The first-order valence-electron chi connectivity index (χ1n) is 10.1. The largest absolute Gasteiger partial charge is 0.432 e. The van der Waals surface area contributed by atoms with Crippen molar-refractivity contribution in [3.63, 3.8) is 0 Å². The number of hydrogen-bond donors (Lipinski definition) is 0. The maximum Gasteiger partial charge on any atom is 0.263 e. The molecule has 5 nitrogen and oxygen atoms in total. The maximum absolute atomic E-state index is 12.3. The van der Waals surface area contributed by atoms with E-state index in [1.54, 1.807) is 30.0 Å². The molecular formula is C24H26N2O3S. The number of Topliss-reactive ketones (excluding diaryl/α,β-unsaturated/α-hetero) is 1. The molecule has 2 heterocycles. The third-order valence-corrected chi connectivity index (χ3v) is 5.22. The second-order valence-electron chi connectivity index (χ2n) is 7.13. The summed E-state index contributed by atoms with van der Waals surface area (Å²) in [5, 5.41) is 1.60. The van der Waals surface area contributed by atoms with Crippen LogP contribution in [0.4, 0.5) is 0 Å². The number of aryl methyl sites for hydroxylation is 1. The van der Waals surface area contributed by atoms with Gasteiger partial charge >= 0.3 is 0 Å². The molecule has 1 atom stereocenters. The maximum atomic E-state index is 12.3. The summed E-state index contributed by atoms with van der Waals surface area (Å²) in [4.78, 5) is 20.8. The Balaban J connectivity index is 1.42. The number of ketones is 1. The highest BCUT2D eigenvalue weighted by Gasteiger charge is 2.14. The zero-order valence-corrected chi connectivity index (χ0v) is 17.9. The minimum atomic E-state index is -0.998. The van der Waals surface area contributed by atoms with Crippen LogP contribution in [0.3, 0.4) is 0 Å². The van der Waals surface area contributed by atoms with Crippen LogP contribution in [0.5, 0.6) is 0 Å². The predicted octanol–water partition coefficient (Wildman–Crippen LogP) is 5.46. The van der Waals surface area contributed by atoms with Gasteiger partial charge in [0.15, 0.2) is 5.76 Å². The lowest BCUT2D eigenvalue weighted by molar-refractivity contribution is 0.0946. The van der Waals surface area contributed by atoms with Gasteiger partial charge in [-0.2, -0.15) is 0 Å². The van der Waals surface area contributed by atoms with Crippen LogP contribution < -0.4 is 0 Å². The number of hydrogen-bond acceptors (Lipinski definition) is 5. The summed E-state index contributed by atoms with van der Waals surface area (Å²) in [6.07, 6.45) is 12.2. The first-order valence-corrected chi connectivity index (χ1v) is 11.7. The molecule has 0 bridgehead atoms. The summed E-state index contributed by atoms with van der Waals surface area (Å²) in [6.45, 7) is 0. The molecule has 0 aliphatic rings. The van der Waals surface area contributed by atoms with Gasteiger partial charge in [0, 0.05) is 35.1 Å². The molecule has 2 aromatic heterocycles. The van der Waals surface area contributed by atoms with Gasteiger partial charge < -0.3 is 4.42 Å². The molecule has 0 aliphatic carbocycles. The van der Waals surface area contributed by atoms with Crippen LogP contribution in [-0.2, 0) is 17.2 Å². The summed E-state index contributed by atoms with van der Waals surface area (Å²) in [7, 11) is -0.998. The monoisotopic (exact) mass is 422 g/mol. The second-order valence-corrected chi connectivity index (χ2v) is 8.40. The molecule has 0 N–H and O–H groups in total. The smallest absolute Gasteiger partial charge is 0.263 e. The van der Waals surface area contributed by atoms with E-state index in [1.807, 2.05) is 12.1 Å². The summed E-state index contributed by atoms with van der Waals surface area (Å²) < 4.78 is 16.7. The van der Waals surface area contributed by atoms with E-state index in [0.717, 1.165) is 37.7 Å². The van der Waals surface area contributed by atoms with Crippen molar-refractivity contribution in [2.75, 3.05) is 6.26 Å². The predicted molar refractivity (Wildman–Crippen MR) is 120 cm³/mol. The number of unbranched alkanes of at least 4 members (excludes halogenated alkanes) is 3. The van der Waals surface area contributed by atoms with E-state index < -0.39 is 10.8 Å². The van der Waals surface area contributed by atoms with Gasteiger partial charge in [0.1, 0.15) is 5.69 Å². The van der Waals surface area contributed by atoms with Crippen molar-refractivity contribution in [2.24, 2.45) is 0 Å². The zero-order valence-electron chi connectivity index (χ0n) is 17.1. The Morgan fingerprint density at radius 1 is 1.00 bits per heavy atom. The topological polar surface area (TPSA) is 73.1 Å². The highest BCUT2D eigenvalue weighted by Crippen LogP contribution is 2.20. The summed E-state index contributed by atoms with van der Waals surface area (Å²) >= 11 is 0. The molecule has 0 amide bonds. The molecule has 0 saturated carbocycles. The number of pyridine rings is 1. The Morgan fingerprint density at radius 2 is 1.80 bits per heavy atom. The highest BCUT2D eigenvalue weighted by molar-refractivity contribution is 7.87. The molecule has 0 radical (unpaired) electrons. The fraction of sp³-hybridized carbons (Fsp3) is 0.292. The number of carbonyl (C=O) groups is 1. The van der Waals surface area contributed by atoms with Gasteiger partial charge in [-0.3, -0.25) is 14.0 Å². The number of aromatic nitrogens is 2. The molecule has 0 aliphatic heterocycles. The molecule has 1 aromatic carbocycles. The number of rotatable bonds is 11. The first-order chi connectivity index (χ1) is 14.6. The van der Waals surface area contributed by atoms with E-state index in [-0.39, 0.29) is 11.7 Å². The normalized spacial score (nSPS) is 12.3.